The van der Waals surface area contributed by atoms with E-state index in [0.29, 0.717) is 28.3 Å². The molecule has 0 bridgehead atoms. The van der Waals surface area contributed by atoms with Gasteiger partial charge in [0.25, 0.3) is 0 Å². The Bertz CT molecular complexity index is 516. The van der Waals surface area contributed by atoms with E-state index in [1.54, 1.807) is 29.1 Å². The molecule has 2 rings (SSSR count). The smallest absolute Gasteiger partial charge is 0.104 e. The molecule has 0 unspecified atom stereocenters. The van der Waals surface area contributed by atoms with E-state index in [4.69, 9.17) is 23.2 Å². The maximum atomic E-state index is 6.16. The van der Waals surface area contributed by atoms with Gasteiger partial charge < -0.3 is 5.32 Å². The van der Waals surface area contributed by atoms with Gasteiger partial charge >= 0.3 is 0 Å². The monoisotopic (exact) mass is 284 g/mol. The predicted molar refractivity (Wildman–Crippen MR) is 73.4 cm³/mol. The fourth-order valence-electron chi connectivity index (χ4n) is 1.57. The van der Waals surface area contributed by atoms with E-state index in [1.807, 2.05) is 0 Å². The lowest BCUT2D eigenvalue weighted by atomic mass is 10.3. The van der Waals surface area contributed by atoms with Crippen LogP contribution in [0.2, 0.25) is 10.0 Å². The predicted octanol–water partition coefficient (Wildman–Crippen LogP) is 3.07. The van der Waals surface area contributed by atoms with Crippen LogP contribution in [-0.4, -0.2) is 21.0 Å². The first-order valence-corrected chi connectivity index (χ1v) is 6.42. The standard InChI is InChI=1S/C12H14Cl2N4/c1-8(2)15-6-9-7-16-17-18(9)12-10(13)4-3-5-11(12)14/h3-5,7-8,15H,6H2,1-2H3. The highest BCUT2D eigenvalue weighted by Gasteiger charge is 2.13. The zero-order chi connectivity index (χ0) is 13.1. The van der Waals surface area contributed by atoms with Crippen molar-refractivity contribution < 1.29 is 0 Å². The number of aromatic nitrogens is 3. The van der Waals surface area contributed by atoms with Gasteiger partial charge in [0.1, 0.15) is 5.69 Å². The van der Waals surface area contributed by atoms with E-state index >= 15 is 0 Å². The minimum Gasteiger partial charge on any atom is -0.309 e. The number of nitrogens with zero attached hydrogens (tertiary/aromatic N) is 3. The summed E-state index contributed by atoms with van der Waals surface area (Å²) in [4.78, 5) is 0. The first-order valence-electron chi connectivity index (χ1n) is 5.67. The summed E-state index contributed by atoms with van der Waals surface area (Å²) in [5.74, 6) is 0. The lowest BCUT2D eigenvalue weighted by molar-refractivity contribution is 0.570. The summed E-state index contributed by atoms with van der Waals surface area (Å²) < 4.78 is 1.67. The molecule has 0 aliphatic heterocycles. The maximum absolute atomic E-state index is 6.16. The van der Waals surface area contributed by atoms with Crippen molar-refractivity contribution in [2.24, 2.45) is 0 Å². The minimum absolute atomic E-state index is 0.384. The van der Waals surface area contributed by atoms with E-state index < -0.39 is 0 Å². The van der Waals surface area contributed by atoms with Crippen molar-refractivity contribution in [1.82, 2.24) is 20.3 Å². The zero-order valence-corrected chi connectivity index (χ0v) is 11.7. The van der Waals surface area contributed by atoms with Crippen LogP contribution < -0.4 is 5.32 Å². The Hall–Kier alpha value is -1.10. The van der Waals surface area contributed by atoms with E-state index in [2.05, 4.69) is 29.5 Å². The average Bonchev–Trinajstić information content (AvgIpc) is 2.74. The number of hydrogen-bond donors (Lipinski definition) is 1. The summed E-state index contributed by atoms with van der Waals surface area (Å²) in [6.45, 7) is 4.82. The fraction of sp³-hybridized carbons (Fsp3) is 0.333. The molecule has 0 saturated carbocycles. The molecule has 0 spiro atoms. The second-order valence-electron chi connectivity index (χ2n) is 4.24. The van der Waals surface area contributed by atoms with Gasteiger partial charge in [0.2, 0.25) is 0 Å². The lowest BCUT2D eigenvalue weighted by Gasteiger charge is -2.11. The van der Waals surface area contributed by atoms with E-state index in [1.165, 1.54) is 0 Å². The third-order valence-corrected chi connectivity index (χ3v) is 3.07. The van der Waals surface area contributed by atoms with E-state index in [-0.39, 0.29) is 0 Å². The Balaban J connectivity index is 2.36. The van der Waals surface area contributed by atoms with Crippen LogP contribution in [0, 0.1) is 0 Å². The van der Waals surface area contributed by atoms with Crippen molar-refractivity contribution in [3.05, 3.63) is 40.1 Å². The highest BCUT2D eigenvalue weighted by molar-refractivity contribution is 6.37. The van der Waals surface area contributed by atoms with Gasteiger partial charge in [-0.25, -0.2) is 4.68 Å². The molecule has 1 heterocycles. The van der Waals surface area contributed by atoms with Gasteiger partial charge in [-0.15, -0.1) is 5.10 Å². The van der Waals surface area contributed by atoms with Crippen LogP contribution in [0.4, 0.5) is 0 Å². The molecule has 0 fully saturated rings. The van der Waals surface area contributed by atoms with Crippen molar-refractivity contribution >= 4 is 23.2 Å². The molecule has 18 heavy (non-hydrogen) atoms. The summed E-state index contributed by atoms with van der Waals surface area (Å²) in [5, 5.41) is 12.4. The third kappa shape index (κ3) is 2.83. The SMILES string of the molecule is CC(C)NCc1cnnn1-c1c(Cl)cccc1Cl. The van der Waals surface area contributed by atoms with Gasteiger partial charge in [-0.1, -0.05) is 48.3 Å². The average molecular weight is 285 g/mol. The van der Waals surface area contributed by atoms with Gasteiger partial charge in [0, 0.05) is 12.6 Å². The number of nitrogens with one attached hydrogen (secondary N) is 1. The molecule has 0 aliphatic carbocycles. The molecule has 6 heteroatoms. The molecule has 0 aliphatic rings. The molecule has 4 nitrogen and oxygen atoms in total. The van der Waals surface area contributed by atoms with Crippen LogP contribution in [0.15, 0.2) is 24.4 Å². The maximum Gasteiger partial charge on any atom is 0.104 e. The van der Waals surface area contributed by atoms with Gasteiger partial charge in [0.15, 0.2) is 0 Å². The number of hydrogen-bond acceptors (Lipinski definition) is 3. The number of benzene rings is 1. The van der Waals surface area contributed by atoms with Gasteiger partial charge in [0.05, 0.1) is 21.9 Å². The van der Waals surface area contributed by atoms with E-state index in [0.717, 1.165) is 5.69 Å². The topological polar surface area (TPSA) is 42.7 Å². The van der Waals surface area contributed by atoms with Crippen molar-refractivity contribution in [2.75, 3.05) is 0 Å². The molecule has 1 aromatic carbocycles. The summed E-state index contributed by atoms with van der Waals surface area (Å²) in [6, 6.07) is 5.75. The molecule has 96 valence electrons. The molecule has 0 atom stereocenters. The van der Waals surface area contributed by atoms with Gasteiger partial charge in [-0.05, 0) is 12.1 Å². The van der Waals surface area contributed by atoms with Gasteiger partial charge in [-0.2, -0.15) is 0 Å². The summed E-state index contributed by atoms with van der Waals surface area (Å²) in [6.07, 6.45) is 1.70. The highest BCUT2D eigenvalue weighted by atomic mass is 35.5. The second-order valence-corrected chi connectivity index (χ2v) is 5.06. The summed E-state index contributed by atoms with van der Waals surface area (Å²) in [7, 11) is 0. The molecule has 2 aromatic rings. The Morgan fingerprint density at radius 3 is 2.56 bits per heavy atom. The van der Waals surface area contributed by atoms with Crippen LogP contribution in [-0.2, 0) is 6.54 Å². The van der Waals surface area contributed by atoms with Crippen LogP contribution in [0.1, 0.15) is 19.5 Å². The Labute approximate surface area is 116 Å². The van der Waals surface area contributed by atoms with Crippen molar-refractivity contribution in [1.29, 1.82) is 0 Å². The van der Waals surface area contributed by atoms with Crippen LogP contribution in [0.5, 0.6) is 0 Å². The first kappa shape index (κ1) is 13.3. The van der Waals surface area contributed by atoms with Gasteiger partial charge in [-0.3, -0.25) is 0 Å². The normalized spacial score (nSPS) is 11.2. The van der Waals surface area contributed by atoms with Crippen LogP contribution >= 0.6 is 23.2 Å². The molecular weight excluding hydrogens is 271 g/mol. The Kier molecular flexibility index (Phi) is 4.22. The van der Waals surface area contributed by atoms with Crippen molar-refractivity contribution in [2.45, 2.75) is 26.4 Å². The van der Waals surface area contributed by atoms with Crippen LogP contribution in [0.3, 0.4) is 0 Å². The molecule has 1 N–H and O–H groups in total. The van der Waals surface area contributed by atoms with Crippen molar-refractivity contribution in [3.63, 3.8) is 0 Å². The second kappa shape index (κ2) is 5.69. The molecule has 0 saturated heterocycles. The van der Waals surface area contributed by atoms with Crippen molar-refractivity contribution in [3.8, 4) is 5.69 Å². The number of halogens is 2. The number of rotatable bonds is 4. The molecular formula is C12H14Cl2N4. The molecule has 0 amide bonds. The third-order valence-electron chi connectivity index (χ3n) is 2.46. The van der Waals surface area contributed by atoms with Crippen LogP contribution in [0.25, 0.3) is 5.69 Å². The summed E-state index contributed by atoms with van der Waals surface area (Å²) in [5.41, 5.74) is 1.58. The Morgan fingerprint density at radius 1 is 1.28 bits per heavy atom. The Morgan fingerprint density at radius 2 is 1.94 bits per heavy atom. The first-order chi connectivity index (χ1) is 8.59. The fourth-order valence-corrected chi connectivity index (χ4v) is 2.12. The molecule has 1 aromatic heterocycles. The minimum atomic E-state index is 0.384. The molecule has 0 radical (unpaired) electrons. The zero-order valence-electron chi connectivity index (χ0n) is 10.2. The largest absolute Gasteiger partial charge is 0.309 e. The quantitative estimate of drug-likeness (QED) is 0.938. The highest BCUT2D eigenvalue weighted by Crippen LogP contribution is 2.28. The van der Waals surface area contributed by atoms with E-state index in [9.17, 15) is 0 Å². The lowest BCUT2D eigenvalue weighted by Crippen LogP contribution is -2.23. The number of para-hydroxylation sites is 1. The summed E-state index contributed by atoms with van der Waals surface area (Å²) >= 11 is 12.3.